The van der Waals surface area contributed by atoms with Crippen molar-refractivity contribution in [1.82, 2.24) is 0 Å². The van der Waals surface area contributed by atoms with Gasteiger partial charge in [0.2, 0.25) is 0 Å². The third kappa shape index (κ3) is 6.23. The second kappa shape index (κ2) is 8.79. The summed E-state index contributed by atoms with van der Waals surface area (Å²) in [6.07, 6.45) is 0. The van der Waals surface area contributed by atoms with Gasteiger partial charge in [0.05, 0.1) is 14.2 Å². The molecular weight excluding hydrogens is 325 g/mol. The molecule has 3 N–H and O–H groups in total. The molecule has 6 nitrogen and oxygen atoms in total. The molecule has 0 spiro atoms. The van der Waals surface area contributed by atoms with Gasteiger partial charge in [0.25, 0.3) is 11.8 Å². The Balaban J connectivity index is 1.79. The lowest BCUT2D eigenvalue weighted by atomic mass is 10.3. The number of hydrogen-bond donors (Lipinski definition) is 3. The summed E-state index contributed by atoms with van der Waals surface area (Å²) in [6.45, 7) is 0.217. The van der Waals surface area contributed by atoms with E-state index in [1.165, 1.54) is 18.2 Å². The Morgan fingerprint density at radius 3 is 2.16 bits per heavy atom. The zero-order valence-electron chi connectivity index (χ0n) is 14.1. The number of quaternary nitrogens is 1. The fourth-order valence-corrected chi connectivity index (χ4v) is 2.26. The maximum Gasteiger partial charge on any atom is 0.279 e. The Bertz CT molecular complexity index is 735. The maximum absolute atomic E-state index is 13.1. The highest BCUT2D eigenvalue weighted by Gasteiger charge is 2.14. The SMILES string of the molecule is COc1ccc(NC(=O)C[NH+](C)CC(=O)Nc2cccc(F)c2)cc1. The van der Waals surface area contributed by atoms with Gasteiger partial charge in [-0.15, -0.1) is 0 Å². The van der Waals surface area contributed by atoms with Crippen molar-refractivity contribution in [3.8, 4) is 5.75 Å². The first-order chi connectivity index (χ1) is 12.0. The second-order valence-electron chi connectivity index (χ2n) is 5.65. The van der Waals surface area contributed by atoms with E-state index < -0.39 is 5.82 Å². The zero-order chi connectivity index (χ0) is 18.2. The van der Waals surface area contributed by atoms with Gasteiger partial charge in [0.15, 0.2) is 13.1 Å². The average Bonchev–Trinajstić information content (AvgIpc) is 2.55. The van der Waals surface area contributed by atoms with Crippen molar-refractivity contribution >= 4 is 23.2 Å². The van der Waals surface area contributed by atoms with Crippen LogP contribution in [0.2, 0.25) is 0 Å². The van der Waals surface area contributed by atoms with Gasteiger partial charge in [-0.3, -0.25) is 9.59 Å². The lowest BCUT2D eigenvalue weighted by molar-refractivity contribution is -0.862. The summed E-state index contributed by atoms with van der Waals surface area (Å²) < 4.78 is 18.1. The summed E-state index contributed by atoms with van der Waals surface area (Å²) in [5.74, 6) is -0.214. The van der Waals surface area contributed by atoms with E-state index in [4.69, 9.17) is 4.74 Å². The van der Waals surface area contributed by atoms with Crippen LogP contribution in [0.5, 0.6) is 5.75 Å². The minimum absolute atomic E-state index is 0.0898. The fraction of sp³-hybridized carbons (Fsp3) is 0.222. The van der Waals surface area contributed by atoms with Crippen LogP contribution in [0.4, 0.5) is 15.8 Å². The number of hydrogen-bond acceptors (Lipinski definition) is 3. The van der Waals surface area contributed by atoms with Crippen LogP contribution >= 0.6 is 0 Å². The minimum Gasteiger partial charge on any atom is -0.497 e. The number of halogens is 1. The minimum atomic E-state index is -0.419. The van der Waals surface area contributed by atoms with Crippen molar-refractivity contribution in [2.24, 2.45) is 0 Å². The zero-order valence-corrected chi connectivity index (χ0v) is 14.1. The molecule has 1 unspecified atom stereocenters. The van der Waals surface area contributed by atoms with Crippen molar-refractivity contribution in [1.29, 1.82) is 0 Å². The van der Waals surface area contributed by atoms with Crippen LogP contribution in [-0.2, 0) is 9.59 Å². The molecule has 2 amide bonds. The monoisotopic (exact) mass is 346 g/mol. The molecule has 132 valence electrons. The van der Waals surface area contributed by atoms with E-state index in [-0.39, 0.29) is 24.9 Å². The van der Waals surface area contributed by atoms with Crippen LogP contribution in [0, 0.1) is 5.82 Å². The lowest BCUT2D eigenvalue weighted by Crippen LogP contribution is -3.11. The van der Waals surface area contributed by atoms with E-state index in [0.29, 0.717) is 22.0 Å². The predicted molar refractivity (Wildman–Crippen MR) is 93.3 cm³/mol. The first-order valence-corrected chi connectivity index (χ1v) is 7.77. The topological polar surface area (TPSA) is 71.9 Å². The van der Waals surface area contributed by atoms with Gasteiger partial charge in [-0.05, 0) is 42.5 Å². The predicted octanol–water partition coefficient (Wildman–Crippen LogP) is 0.926. The first-order valence-electron chi connectivity index (χ1n) is 7.77. The fourth-order valence-electron chi connectivity index (χ4n) is 2.26. The standard InChI is InChI=1S/C18H20FN3O3/c1-22(12-18(24)21-15-5-3-4-13(19)10-15)11-17(23)20-14-6-8-16(25-2)9-7-14/h3-10H,11-12H2,1-2H3,(H,20,23)(H,21,24)/p+1. The van der Waals surface area contributed by atoms with Gasteiger partial charge in [-0.1, -0.05) is 6.07 Å². The third-order valence-corrected chi connectivity index (χ3v) is 3.41. The quantitative estimate of drug-likeness (QED) is 0.698. The molecule has 0 aliphatic rings. The van der Waals surface area contributed by atoms with E-state index in [0.717, 1.165) is 0 Å². The molecule has 0 aliphatic carbocycles. The second-order valence-corrected chi connectivity index (χ2v) is 5.65. The molecule has 0 heterocycles. The Morgan fingerprint density at radius 1 is 1.00 bits per heavy atom. The van der Waals surface area contributed by atoms with Gasteiger partial charge in [-0.2, -0.15) is 0 Å². The van der Waals surface area contributed by atoms with Crippen LogP contribution in [0.25, 0.3) is 0 Å². The molecule has 0 fully saturated rings. The number of carbonyl (C=O) groups is 2. The highest BCUT2D eigenvalue weighted by molar-refractivity contribution is 5.93. The highest BCUT2D eigenvalue weighted by atomic mass is 19.1. The van der Waals surface area contributed by atoms with E-state index >= 15 is 0 Å². The summed E-state index contributed by atoms with van der Waals surface area (Å²) in [5.41, 5.74) is 1.04. The molecule has 2 rings (SSSR count). The van der Waals surface area contributed by atoms with Crippen LogP contribution in [0.1, 0.15) is 0 Å². The number of ether oxygens (including phenoxy) is 1. The Labute approximate surface area is 145 Å². The molecule has 0 radical (unpaired) electrons. The summed E-state index contributed by atoms with van der Waals surface area (Å²) in [4.78, 5) is 24.7. The molecule has 25 heavy (non-hydrogen) atoms. The number of rotatable bonds is 7. The molecule has 7 heteroatoms. The Morgan fingerprint density at radius 2 is 1.60 bits per heavy atom. The number of carbonyl (C=O) groups excluding carboxylic acids is 2. The summed E-state index contributed by atoms with van der Waals surface area (Å²) in [6, 6.07) is 12.6. The number of likely N-dealkylation sites (N-methyl/N-ethyl adjacent to an activating group) is 1. The molecule has 2 aromatic rings. The summed E-state index contributed by atoms with van der Waals surface area (Å²) >= 11 is 0. The van der Waals surface area contributed by atoms with Crippen molar-refractivity contribution in [2.45, 2.75) is 0 Å². The van der Waals surface area contributed by atoms with E-state index in [1.54, 1.807) is 44.5 Å². The lowest BCUT2D eigenvalue weighted by Gasteiger charge is -2.14. The van der Waals surface area contributed by atoms with Crippen molar-refractivity contribution < 1.29 is 23.6 Å². The Kier molecular flexibility index (Phi) is 6.47. The molecule has 1 atom stereocenters. The number of anilines is 2. The van der Waals surface area contributed by atoms with Crippen LogP contribution in [0.3, 0.4) is 0 Å². The number of benzene rings is 2. The largest absolute Gasteiger partial charge is 0.497 e. The van der Waals surface area contributed by atoms with Crippen LogP contribution in [-0.4, -0.2) is 39.1 Å². The van der Waals surface area contributed by atoms with Crippen LogP contribution in [0.15, 0.2) is 48.5 Å². The molecule has 0 aromatic heterocycles. The van der Waals surface area contributed by atoms with Gasteiger partial charge in [0.1, 0.15) is 11.6 Å². The number of methoxy groups -OCH3 is 1. The molecule has 0 saturated heterocycles. The van der Waals surface area contributed by atoms with E-state index in [9.17, 15) is 14.0 Å². The summed E-state index contributed by atoms with van der Waals surface area (Å²) in [5, 5.41) is 5.36. The van der Waals surface area contributed by atoms with Gasteiger partial charge in [-0.25, -0.2) is 4.39 Å². The van der Waals surface area contributed by atoms with Gasteiger partial charge in [0, 0.05) is 11.4 Å². The van der Waals surface area contributed by atoms with Crippen molar-refractivity contribution in [2.75, 3.05) is 37.9 Å². The van der Waals surface area contributed by atoms with Crippen molar-refractivity contribution in [3.05, 3.63) is 54.3 Å². The molecule has 0 saturated carbocycles. The maximum atomic E-state index is 13.1. The first kappa shape index (κ1) is 18.4. The Hall–Kier alpha value is -2.93. The van der Waals surface area contributed by atoms with Gasteiger partial charge >= 0.3 is 0 Å². The van der Waals surface area contributed by atoms with Gasteiger partial charge < -0.3 is 20.3 Å². The van der Waals surface area contributed by atoms with E-state index in [1.807, 2.05) is 0 Å². The number of nitrogens with one attached hydrogen (secondary N) is 3. The normalized spacial score (nSPS) is 11.5. The molecule has 0 aliphatic heterocycles. The molecule has 2 aromatic carbocycles. The van der Waals surface area contributed by atoms with E-state index in [2.05, 4.69) is 10.6 Å². The molecular formula is C18H21FN3O3+. The summed E-state index contributed by atoms with van der Waals surface area (Å²) in [7, 11) is 3.31. The highest BCUT2D eigenvalue weighted by Crippen LogP contribution is 2.14. The number of amides is 2. The smallest absolute Gasteiger partial charge is 0.279 e. The van der Waals surface area contributed by atoms with Crippen LogP contribution < -0.4 is 20.3 Å². The molecule has 0 bridgehead atoms. The van der Waals surface area contributed by atoms with Crippen molar-refractivity contribution in [3.63, 3.8) is 0 Å². The average molecular weight is 346 g/mol. The third-order valence-electron chi connectivity index (χ3n) is 3.41.